The van der Waals surface area contributed by atoms with E-state index in [4.69, 9.17) is 17.3 Å². The Morgan fingerprint density at radius 1 is 1.06 bits per heavy atom. The molecule has 5 rings (SSSR count). The van der Waals surface area contributed by atoms with E-state index in [9.17, 15) is 23.1 Å². The lowest BCUT2D eigenvalue weighted by Gasteiger charge is -2.35. The number of aromatic amines is 1. The van der Waals surface area contributed by atoms with Crippen molar-refractivity contribution >= 4 is 50.3 Å². The zero-order chi connectivity index (χ0) is 36.9. The highest BCUT2D eigenvalue weighted by Gasteiger charge is 2.41. The molecule has 274 valence electrons. The number of fused-ring (bicyclic) bond motifs is 1. The molecule has 12 nitrogen and oxygen atoms in total. The van der Waals surface area contributed by atoms with Crippen molar-refractivity contribution in [1.29, 1.82) is 0 Å². The first kappa shape index (κ1) is 38.1. The van der Waals surface area contributed by atoms with Crippen LogP contribution >= 0.6 is 11.6 Å². The van der Waals surface area contributed by atoms with Gasteiger partial charge in [0.1, 0.15) is 6.04 Å². The Hall–Kier alpha value is -4.17. The quantitative estimate of drug-likeness (QED) is 0.119. The van der Waals surface area contributed by atoms with Crippen molar-refractivity contribution in [2.24, 2.45) is 11.8 Å². The number of halogens is 1. The summed E-state index contributed by atoms with van der Waals surface area (Å²) in [7, 11) is -4.10. The summed E-state index contributed by atoms with van der Waals surface area (Å²) in [4.78, 5) is 38.8. The first-order chi connectivity index (χ1) is 24.3. The summed E-state index contributed by atoms with van der Waals surface area (Å²) in [5, 5.41) is 15.1. The second-order valence-corrected chi connectivity index (χ2v) is 16.1. The number of aliphatic hydroxyl groups is 1. The van der Waals surface area contributed by atoms with E-state index in [2.05, 4.69) is 15.3 Å². The minimum absolute atomic E-state index is 0.0423. The summed E-state index contributed by atoms with van der Waals surface area (Å²) in [6.07, 6.45) is 1.20. The van der Waals surface area contributed by atoms with E-state index >= 15 is 0 Å². The van der Waals surface area contributed by atoms with Crippen LogP contribution in [0.4, 0.5) is 10.5 Å². The highest BCUT2D eigenvalue weighted by Crippen LogP contribution is 2.27. The Bertz CT molecular complexity index is 1920. The van der Waals surface area contributed by atoms with Crippen molar-refractivity contribution in [1.82, 2.24) is 29.4 Å². The second kappa shape index (κ2) is 16.4. The van der Waals surface area contributed by atoms with Crippen LogP contribution in [0.25, 0.3) is 11.0 Å². The predicted octanol–water partition coefficient (Wildman–Crippen LogP) is 4.89. The highest BCUT2D eigenvalue weighted by atomic mass is 35.5. The van der Waals surface area contributed by atoms with Crippen LogP contribution in [0.1, 0.15) is 45.2 Å². The molecule has 1 aliphatic rings. The van der Waals surface area contributed by atoms with Gasteiger partial charge in [0.2, 0.25) is 15.9 Å². The number of hydrogen-bond donors (Lipinski definition) is 4. The van der Waals surface area contributed by atoms with E-state index in [0.717, 1.165) is 22.2 Å². The maximum absolute atomic E-state index is 14.3. The van der Waals surface area contributed by atoms with Gasteiger partial charge < -0.3 is 30.9 Å². The largest absolute Gasteiger partial charge is 0.397 e. The number of anilines is 1. The van der Waals surface area contributed by atoms with Gasteiger partial charge in [0.05, 0.1) is 45.1 Å². The summed E-state index contributed by atoms with van der Waals surface area (Å²) < 4.78 is 29.0. The predicted molar refractivity (Wildman–Crippen MR) is 199 cm³/mol. The number of urea groups is 1. The molecule has 14 heteroatoms. The van der Waals surface area contributed by atoms with Crippen LogP contribution in [0, 0.1) is 11.8 Å². The first-order valence-electron chi connectivity index (χ1n) is 17.3. The van der Waals surface area contributed by atoms with Crippen molar-refractivity contribution in [3.05, 3.63) is 89.2 Å². The zero-order valence-electron chi connectivity index (χ0n) is 29.5. The number of carbonyl (C=O) groups excluding carboxylic acids is 2. The van der Waals surface area contributed by atoms with Crippen LogP contribution in [0.15, 0.2) is 78.0 Å². The Balaban J connectivity index is 1.38. The van der Waals surface area contributed by atoms with Gasteiger partial charge in [-0.3, -0.25) is 4.79 Å². The smallest absolute Gasteiger partial charge is 0.321 e. The van der Waals surface area contributed by atoms with E-state index < -0.39 is 34.1 Å². The van der Waals surface area contributed by atoms with E-state index in [-0.39, 0.29) is 53.0 Å². The van der Waals surface area contributed by atoms with Gasteiger partial charge in [0.25, 0.3) is 0 Å². The van der Waals surface area contributed by atoms with Crippen molar-refractivity contribution in [2.45, 2.75) is 70.2 Å². The monoisotopic (exact) mass is 737 g/mol. The van der Waals surface area contributed by atoms with Gasteiger partial charge in [-0.1, -0.05) is 82.1 Å². The maximum Gasteiger partial charge on any atom is 0.321 e. The third-order valence-corrected chi connectivity index (χ3v) is 11.6. The van der Waals surface area contributed by atoms with E-state index in [1.165, 1.54) is 22.5 Å². The standard InChI is InChI=1S/C37H48ClN7O5S/c1-5-25(4)35(45-16-15-43(37(45)48)21-27-11-14-31-32(18-27)41-23-40-31)36(47)42-33(17-26-9-7-6-8-10-26)34(46)22-44(20-24(2)3)51(49,50)28-12-13-29(38)30(39)19-28/h6-14,18-19,23-25,33-35,46H,5,15-17,20-22,39H2,1-4H3,(H,40,41)(H,42,47)/t25-,33-,34-,35-/m0/s1. The maximum atomic E-state index is 14.3. The van der Waals surface area contributed by atoms with Crippen LogP contribution in [0.2, 0.25) is 5.02 Å². The molecular formula is C37H48ClN7O5S. The molecule has 2 heterocycles. The average Bonchev–Trinajstić information content (AvgIpc) is 3.71. The molecule has 1 aromatic heterocycles. The number of sulfonamides is 1. The number of H-pyrrole nitrogens is 1. The number of nitrogens with two attached hydrogens (primary N) is 1. The van der Waals surface area contributed by atoms with Gasteiger partial charge in [0.15, 0.2) is 0 Å². The fourth-order valence-electron chi connectivity index (χ4n) is 6.50. The number of nitrogens with one attached hydrogen (secondary N) is 2. The summed E-state index contributed by atoms with van der Waals surface area (Å²) in [6, 6.07) is 17.4. The molecule has 0 bridgehead atoms. The number of nitrogen functional groups attached to an aromatic ring is 1. The molecule has 5 N–H and O–H groups in total. The Morgan fingerprint density at radius 2 is 1.80 bits per heavy atom. The van der Waals surface area contributed by atoms with Crippen molar-refractivity contribution in [2.75, 3.05) is 31.9 Å². The summed E-state index contributed by atoms with van der Waals surface area (Å²) >= 11 is 6.08. The molecule has 0 radical (unpaired) electrons. The molecule has 4 atom stereocenters. The van der Waals surface area contributed by atoms with E-state index in [1.807, 2.05) is 76.2 Å². The minimum Gasteiger partial charge on any atom is -0.397 e. The number of amides is 3. The van der Waals surface area contributed by atoms with Crippen molar-refractivity contribution in [3.63, 3.8) is 0 Å². The topological polar surface area (TPSA) is 165 Å². The van der Waals surface area contributed by atoms with Gasteiger partial charge in [-0.05, 0) is 59.7 Å². The molecule has 1 saturated heterocycles. The lowest BCUT2D eigenvalue weighted by atomic mass is 9.95. The van der Waals surface area contributed by atoms with Gasteiger partial charge in [-0.2, -0.15) is 4.31 Å². The number of rotatable bonds is 16. The van der Waals surface area contributed by atoms with Crippen LogP contribution < -0.4 is 11.1 Å². The fraction of sp³-hybridized carbons (Fsp3) is 0.432. The molecule has 0 aliphatic carbocycles. The zero-order valence-corrected chi connectivity index (χ0v) is 31.1. The second-order valence-electron chi connectivity index (χ2n) is 13.8. The van der Waals surface area contributed by atoms with Gasteiger partial charge >= 0.3 is 6.03 Å². The lowest BCUT2D eigenvalue weighted by Crippen LogP contribution is -2.57. The third kappa shape index (κ3) is 9.01. The number of nitrogens with zero attached hydrogens (tertiary/aromatic N) is 4. The molecule has 51 heavy (non-hydrogen) atoms. The number of benzene rings is 3. The molecule has 1 aliphatic heterocycles. The van der Waals surface area contributed by atoms with Crippen LogP contribution in [-0.2, 0) is 27.8 Å². The Labute approximate surface area is 305 Å². The lowest BCUT2D eigenvalue weighted by molar-refractivity contribution is -0.128. The highest BCUT2D eigenvalue weighted by molar-refractivity contribution is 7.89. The molecule has 1 fully saturated rings. The average molecular weight is 738 g/mol. The number of aliphatic hydroxyl groups excluding tert-OH is 1. The van der Waals surface area contributed by atoms with Crippen LogP contribution in [0.3, 0.4) is 0 Å². The molecule has 0 spiro atoms. The fourth-order valence-corrected chi connectivity index (χ4v) is 8.28. The Kier molecular flexibility index (Phi) is 12.3. The SMILES string of the molecule is CC[C@H](C)[C@@H](C(=O)N[C@@H](Cc1ccccc1)[C@@H](O)CN(CC(C)C)S(=O)(=O)c1ccc(Cl)c(N)c1)N1CCN(Cc2ccc3nc[nH]c3c2)C1=O. The first-order valence-corrected chi connectivity index (χ1v) is 19.1. The molecular weight excluding hydrogens is 690 g/mol. The summed E-state index contributed by atoms with van der Waals surface area (Å²) in [5.74, 6) is -0.667. The van der Waals surface area contributed by atoms with Crippen molar-refractivity contribution in [3.8, 4) is 0 Å². The van der Waals surface area contributed by atoms with Gasteiger partial charge in [-0.25, -0.2) is 18.2 Å². The third-order valence-electron chi connectivity index (χ3n) is 9.43. The molecule has 3 aromatic carbocycles. The molecule has 4 aromatic rings. The Morgan fingerprint density at radius 3 is 2.49 bits per heavy atom. The van der Waals surface area contributed by atoms with Gasteiger partial charge in [-0.15, -0.1) is 0 Å². The number of aromatic nitrogens is 2. The number of carbonyl (C=O) groups is 2. The summed E-state index contributed by atoms with van der Waals surface area (Å²) in [5.41, 5.74) is 9.60. The van der Waals surface area contributed by atoms with Crippen molar-refractivity contribution < 1.29 is 23.1 Å². The normalized spacial score (nSPS) is 16.2. The van der Waals surface area contributed by atoms with Crippen LogP contribution in [-0.4, -0.2) is 93.9 Å². The number of imidazole rings is 1. The van der Waals surface area contributed by atoms with E-state index in [0.29, 0.717) is 26.1 Å². The molecule has 0 unspecified atom stereocenters. The van der Waals surface area contributed by atoms with Crippen LogP contribution in [0.5, 0.6) is 0 Å². The number of hydrogen-bond acceptors (Lipinski definition) is 7. The molecule has 3 amide bonds. The molecule has 0 saturated carbocycles. The summed E-state index contributed by atoms with van der Waals surface area (Å²) in [6.45, 7) is 8.71. The van der Waals surface area contributed by atoms with Gasteiger partial charge in [0, 0.05) is 32.7 Å². The minimum atomic E-state index is -4.10. The van der Waals surface area contributed by atoms with E-state index in [1.54, 1.807) is 16.1 Å².